The molecule has 1 N–H and O–H groups in total. The predicted molar refractivity (Wildman–Crippen MR) is 70.0 cm³/mol. The Morgan fingerprint density at radius 3 is 2.24 bits per heavy atom. The predicted octanol–water partition coefficient (Wildman–Crippen LogP) is 3.22. The molecule has 3 nitrogen and oxygen atoms in total. The van der Waals surface area contributed by atoms with Gasteiger partial charge in [-0.1, -0.05) is 32.0 Å². The first-order chi connectivity index (χ1) is 8.18. The number of hydrogen-bond acceptors (Lipinski definition) is 3. The monoisotopic (exact) mass is 235 g/mol. The smallest absolute Gasteiger partial charge is 0.331 e. The van der Waals surface area contributed by atoms with Crippen LogP contribution in [0.25, 0.3) is 0 Å². The van der Waals surface area contributed by atoms with Gasteiger partial charge in [-0.2, -0.15) is 0 Å². The number of esters is 1. The molecule has 0 radical (unpaired) electrons. The van der Waals surface area contributed by atoms with E-state index in [0.717, 1.165) is 5.69 Å². The Kier molecular flexibility index (Phi) is 5.01. The van der Waals surface area contributed by atoms with Gasteiger partial charge in [0.25, 0.3) is 0 Å². The van der Waals surface area contributed by atoms with Crippen LogP contribution < -0.4 is 5.32 Å². The highest BCUT2D eigenvalue weighted by Crippen LogP contribution is 2.23. The fourth-order valence-electron chi connectivity index (χ4n) is 1.83. The van der Waals surface area contributed by atoms with Crippen LogP contribution in [0.15, 0.2) is 30.3 Å². The molecular weight excluding hydrogens is 214 g/mol. The molecule has 0 heterocycles. The molecule has 0 unspecified atom stereocenters. The lowest BCUT2D eigenvalue weighted by molar-refractivity contribution is -0.148. The van der Waals surface area contributed by atoms with Crippen molar-refractivity contribution < 1.29 is 9.53 Å². The van der Waals surface area contributed by atoms with Crippen LogP contribution in [-0.2, 0) is 9.53 Å². The summed E-state index contributed by atoms with van der Waals surface area (Å²) in [7, 11) is 0. The van der Waals surface area contributed by atoms with Crippen LogP contribution in [0, 0.1) is 0 Å². The maximum atomic E-state index is 12.0. The van der Waals surface area contributed by atoms with Crippen molar-refractivity contribution in [3.05, 3.63) is 30.3 Å². The van der Waals surface area contributed by atoms with E-state index in [-0.39, 0.29) is 5.97 Å². The van der Waals surface area contributed by atoms with Crippen molar-refractivity contribution in [3.8, 4) is 0 Å². The Bertz CT molecular complexity index is 344. The minimum absolute atomic E-state index is 0.172. The number of benzene rings is 1. The molecule has 3 heteroatoms. The third-order valence-corrected chi connectivity index (χ3v) is 3.03. The van der Waals surface area contributed by atoms with Crippen LogP contribution in [0.1, 0.15) is 33.6 Å². The Morgan fingerprint density at radius 1 is 1.18 bits per heavy atom. The molecular formula is C14H21NO2. The Labute approximate surface area is 103 Å². The number of ether oxygens (including phenoxy) is 1. The van der Waals surface area contributed by atoms with E-state index in [1.54, 1.807) is 0 Å². The molecule has 0 spiro atoms. The molecule has 0 aromatic heterocycles. The maximum Gasteiger partial charge on any atom is 0.331 e. The highest BCUT2D eigenvalue weighted by Gasteiger charge is 2.36. The summed E-state index contributed by atoms with van der Waals surface area (Å²) in [4.78, 5) is 12.0. The summed E-state index contributed by atoms with van der Waals surface area (Å²) in [6.45, 7) is 6.24. The van der Waals surface area contributed by atoms with E-state index in [1.807, 2.05) is 51.1 Å². The molecule has 0 aliphatic rings. The zero-order valence-electron chi connectivity index (χ0n) is 10.8. The van der Waals surface area contributed by atoms with Crippen LogP contribution in [-0.4, -0.2) is 18.1 Å². The first kappa shape index (κ1) is 13.6. The normalized spacial score (nSPS) is 11.0. The fourth-order valence-corrected chi connectivity index (χ4v) is 1.83. The summed E-state index contributed by atoms with van der Waals surface area (Å²) in [6, 6.07) is 9.76. The van der Waals surface area contributed by atoms with Crippen LogP contribution >= 0.6 is 0 Å². The molecule has 0 aliphatic heterocycles. The quantitative estimate of drug-likeness (QED) is 0.769. The topological polar surface area (TPSA) is 38.3 Å². The third kappa shape index (κ3) is 3.22. The summed E-state index contributed by atoms with van der Waals surface area (Å²) in [6.07, 6.45) is 1.41. The van der Waals surface area contributed by atoms with Gasteiger partial charge in [0.1, 0.15) is 5.54 Å². The van der Waals surface area contributed by atoms with Crippen molar-refractivity contribution in [1.82, 2.24) is 0 Å². The number of para-hydroxylation sites is 1. The van der Waals surface area contributed by atoms with Crippen LogP contribution in [0.4, 0.5) is 5.69 Å². The van der Waals surface area contributed by atoms with E-state index in [9.17, 15) is 4.79 Å². The van der Waals surface area contributed by atoms with Crippen molar-refractivity contribution in [2.75, 3.05) is 11.9 Å². The first-order valence-electron chi connectivity index (χ1n) is 6.19. The van der Waals surface area contributed by atoms with Gasteiger partial charge < -0.3 is 10.1 Å². The van der Waals surface area contributed by atoms with E-state index in [4.69, 9.17) is 4.74 Å². The highest BCUT2D eigenvalue weighted by atomic mass is 16.5. The molecule has 94 valence electrons. The average molecular weight is 235 g/mol. The lowest BCUT2D eigenvalue weighted by Crippen LogP contribution is -2.46. The van der Waals surface area contributed by atoms with Gasteiger partial charge in [-0.3, -0.25) is 0 Å². The van der Waals surface area contributed by atoms with Crippen LogP contribution in [0.5, 0.6) is 0 Å². The van der Waals surface area contributed by atoms with Crippen LogP contribution in [0.3, 0.4) is 0 Å². The average Bonchev–Trinajstić information content (AvgIpc) is 2.37. The number of carbonyl (C=O) groups excluding carboxylic acids is 1. The Hall–Kier alpha value is -1.51. The molecule has 0 aliphatic carbocycles. The number of carbonyl (C=O) groups is 1. The standard InChI is InChI=1S/C14H21NO2/c1-4-14(5-2,13(16)17-6-3)15-12-10-8-7-9-11-12/h7-11,15H,4-6H2,1-3H3. The second kappa shape index (κ2) is 6.28. The minimum atomic E-state index is -0.614. The van der Waals surface area contributed by atoms with Gasteiger partial charge in [-0.15, -0.1) is 0 Å². The van der Waals surface area contributed by atoms with E-state index < -0.39 is 5.54 Å². The van der Waals surface area contributed by atoms with Gasteiger partial charge in [-0.25, -0.2) is 4.79 Å². The summed E-state index contributed by atoms with van der Waals surface area (Å²) in [5.74, 6) is -0.172. The highest BCUT2D eigenvalue weighted by molar-refractivity contribution is 5.84. The Balaban J connectivity index is 2.88. The Morgan fingerprint density at radius 2 is 1.76 bits per heavy atom. The lowest BCUT2D eigenvalue weighted by Gasteiger charge is -2.31. The molecule has 1 aromatic carbocycles. The molecule has 0 saturated carbocycles. The van der Waals surface area contributed by atoms with Gasteiger partial charge in [0.05, 0.1) is 6.61 Å². The molecule has 0 saturated heterocycles. The number of rotatable bonds is 6. The second-order valence-corrected chi connectivity index (χ2v) is 4.00. The van der Waals surface area contributed by atoms with Crippen molar-refractivity contribution in [3.63, 3.8) is 0 Å². The molecule has 0 fully saturated rings. The maximum absolute atomic E-state index is 12.0. The van der Waals surface area contributed by atoms with E-state index in [1.165, 1.54) is 0 Å². The largest absolute Gasteiger partial charge is 0.464 e. The van der Waals surface area contributed by atoms with Crippen molar-refractivity contribution in [2.45, 2.75) is 39.2 Å². The molecule has 0 bridgehead atoms. The number of hydrogen-bond donors (Lipinski definition) is 1. The molecule has 1 aromatic rings. The summed E-state index contributed by atoms with van der Waals surface area (Å²) in [5, 5.41) is 3.30. The fraction of sp³-hybridized carbons (Fsp3) is 0.500. The van der Waals surface area contributed by atoms with E-state index in [0.29, 0.717) is 19.4 Å². The van der Waals surface area contributed by atoms with Crippen molar-refractivity contribution in [2.24, 2.45) is 0 Å². The first-order valence-corrected chi connectivity index (χ1v) is 6.19. The summed E-state index contributed by atoms with van der Waals surface area (Å²) < 4.78 is 5.16. The summed E-state index contributed by atoms with van der Waals surface area (Å²) in [5.41, 5.74) is 0.335. The van der Waals surface area contributed by atoms with Gasteiger partial charge in [0.15, 0.2) is 0 Å². The van der Waals surface area contributed by atoms with E-state index >= 15 is 0 Å². The van der Waals surface area contributed by atoms with Gasteiger partial charge in [-0.05, 0) is 31.9 Å². The van der Waals surface area contributed by atoms with Gasteiger partial charge in [0, 0.05) is 5.69 Å². The minimum Gasteiger partial charge on any atom is -0.464 e. The van der Waals surface area contributed by atoms with Gasteiger partial charge in [0.2, 0.25) is 0 Å². The SMILES string of the molecule is CCOC(=O)C(CC)(CC)Nc1ccccc1. The number of anilines is 1. The van der Waals surface area contributed by atoms with Crippen molar-refractivity contribution in [1.29, 1.82) is 0 Å². The van der Waals surface area contributed by atoms with Crippen LogP contribution in [0.2, 0.25) is 0 Å². The zero-order chi connectivity index (χ0) is 12.7. The van der Waals surface area contributed by atoms with Gasteiger partial charge >= 0.3 is 5.97 Å². The summed E-state index contributed by atoms with van der Waals surface area (Å²) >= 11 is 0. The zero-order valence-corrected chi connectivity index (χ0v) is 10.8. The second-order valence-electron chi connectivity index (χ2n) is 4.00. The molecule has 0 amide bonds. The third-order valence-electron chi connectivity index (χ3n) is 3.03. The molecule has 0 atom stereocenters. The molecule has 1 rings (SSSR count). The lowest BCUT2D eigenvalue weighted by atomic mass is 9.92. The number of nitrogens with one attached hydrogen (secondary N) is 1. The van der Waals surface area contributed by atoms with E-state index in [2.05, 4.69) is 5.32 Å². The van der Waals surface area contributed by atoms with Crippen molar-refractivity contribution >= 4 is 11.7 Å². The molecule has 17 heavy (non-hydrogen) atoms.